The molecular formula is C27H34O2Si. The molecule has 30 heavy (non-hydrogen) atoms. The van der Waals surface area contributed by atoms with E-state index in [1.165, 1.54) is 0 Å². The van der Waals surface area contributed by atoms with Crippen molar-refractivity contribution >= 4 is 8.32 Å². The van der Waals surface area contributed by atoms with Gasteiger partial charge in [-0.15, -0.1) is 0 Å². The van der Waals surface area contributed by atoms with E-state index in [0.29, 0.717) is 13.2 Å². The maximum atomic E-state index is 6.79. The van der Waals surface area contributed by atoms with Crippen molar-refractivity contribution in [2.45, 2.75) is 44.5 Å². The van der Waals surface area contributed by atoms with E-state index in [2.05, 4.69) is 107 Å². The van der Waals surface area contributed by atoms with Gasteiger partial charge in [0.15, 0.2) is 8.32 Å². The third kappa shape index (κ3) is 4.75. The molecule has 3 aromatic rings. The summed E-state index contributed by atoms with van der Waals surface area (Å²) in [5.41, 5.74) is 2.68. The third-order valence-electron chi connectivity index (χ3n) is 6.21. The Bertz CT molecular complexity index is 803. The van der Waals surface area contributed by atoms with Crippen LogP contribution in [0.1, 0.15) is 37.5 Å². The predicted molar refractivity (Wildman–Crippen MR) is 128 cm³/mol. The van der Waals surface area contributed by atoms with Crippen LogP contribution in [0.5, 0.6) is 0 Å². The van der Waals surface area contributed by atoms with Crippen molar-refractivity contribution < 1.29 is 9.16 Å². The Morgan fingerprint density at radius 3 is 1.30 bits per heavy atom. The smallest absolute Gasteiger partial charge is 0.192 e. The highest BCUT2D eigenvalue weighted by Crippen LogP contribution is 2.41. The van der Waals surface area contributed by atoms with Gasteiger partial charge in [0, 0.05) is 0 Å². The lowest BCUT2D eigenvalue weighted by atomic mass is 9.80. The van der Waals surface area contributed by atoms with E-state index in [9.17, 15) is 0 Å². The molecule has 0 spiro atoms. The van der Waals surface area contributed by atoms with Crippen LogP contribution in [0.2, 0.25) is 18.1 Å². The van der Waals surface area contributed by atoms with Crippen molar-refractivity contribution in [2.24, 2.45) is 0 Å². The van der Waals surface area contributed by atoms with Crippen LogP contribution in [-0.2, 0) is 14.8 Å². The van der Waals surface area contributed by atoms with E-state index in [-0.39, 0.29) is 5.04 Å². The van der Waals surface area contributed by atoms with E-state index >= 15 is 0 Å². The SMILES string of the molecule is CC(C)(C)[Si](C)(C)OCCOC(c1ccccc1)(c1ccccc1)c1ccccc1. The number of ether oxygens (including phenoxy) is 1. The second kappa shape index (κ2) is 9.30. The highest BCUT2D eigenvalue weighted by molar-refractivity contribution is 6.74. The Morgan fingerprint density at radius 2 is 0.967 bits per heavy atom. The predicted octanol–water partition coefficient (Wildman–Crippen LogP) is 7.02. The Hall–Kier alpha value is -2.20. The molecule has 0 amide bonds. The minimum absolute atomic E-state index is 0.183. The second-order valence-corrected chi connectivity index (χ2v) is 14.0. The number of rotatable bonds is 8. The van der Waals surface area contributed by atoms with Crippen molar-refractivity contribution in [1.29, 1.82) is 0 Å². The van der Waals surface area contributed by atoms with Crippen LogP contribution >= 0.6 is 0 Å². The summed E-state index contributed by atoms with van der Waals surface area (Å²) in [6.07, 6.45) is 0. The third-order valence-corrected chi connectivity index (χ3v) is 10.8. The maximum Gasteiger partial charge on any atom is 0.192 e. The molecule has 2 nitrogen and oxygen atoms in total. The quantitative estimate of drug-likeness (QED) is 0.222. The van der Waals surface area contributed by atoms with Crippen molar-refractivity contribution in [3.8, 4) is 0 Å². The van der Waals surface area contributed by atoms with Gasteiger partial charge in [-0.2, -0.15) is 0 Å². The topological polar surface area (TPSA) is 18.5 Å². The molecule has 0 fully saturated rings. The van der Waals surface area contributed by atoms with Crippen LogP contribution < -0.4 is 0 Å². The fourth-order valence-electron chi connectivity index (χ4n) is 3.48. The molecule has 0 saturated carbocycles. The maximum absolute atomic E-state index is 6.79. The van der Waals surface area contributed by atoms with Crippen LogP contribution in [0.15, 0.2) is 91.0 Å². The van der Waals surface area contributed by atoms with Gasteiger partial charge in [-0.05, 0) is 34.8 Å². The summed E-state index contributed by atoms with van der Waals surface area (Å²) < 4.78 is 13.2. The molecular weight excluding hydrogens is 384 g/mol. The molecule has 158 valence electrons. The molecule has 0 unspecified atom stereocenters. The van der Waals surface area contributed by atoms with E-state index in [1.54, 1.807) is 0 Å². The molecule has 0 aliphatic heterocycles. The van der Waals surface area contributed by atoms with Gasteiger partial charge >= 0.3 is 0 Å². The largest absolute Gasteiger partial charge is 0.414 e. The highest BCUT2D eigenvalue weighted by Gasteiger charge is 2.39. The molecule has 3 heteroatoms. The van der Waals surface area contributed by atoms with Gasteiger partial charge in [-0.1, -0.05) is 112 Å². The molecule has 3 aromatic carbocycles. The Labute approximate surface area is 183 Å². The van der Waals surface area contributed by atoms with Gasteiger partial charge in [0.25, 0.3) is 0 Å². The standard InChI is InChI=1S/C27H34O2Si/c1-26(2,3)30(4,5)29-22-21-28-27(23-15-9-6-10-16-23,24-17-11-7-12-18-24)25-19-13-8-14-20-25/h6-20H,21-22H2,1-5H3. The van der Waals surface area contributed by atoms with Gasteiger partial charge in [-0.25, -0.2) is 0 Å². The molecule has 0 heterocycles. The zero-order valence-electron chi connectivity index (χ0n) is 18.9. The van der Waals surface area contributed by atoms with Gasteiger partial charge in [0.1, 0.15) is 5.60 Å². The lowest BCUT2D eigenvalue weighted by Gasteiger charge is -2.38. The summed E-state index contributed by atoms with van der Waals surface area (Å²) in [6, 6.07) is 31.5. The van der Waals surface area contributed by atoms with Crippen LogP contribution in [-0.4, -0.2) is 21.5 Å². The lowest BCUT2D eigenvalue weighted by molar-refractivity contribution is -0.00439. The van der Waals surface area contributed by atoms with E-state index in [1.807, 2.05) is 18.2 Å². The average Bonchev–Trinajstić information content (AvgIpc) is 2.75. The normalized spacial score (nSPS) is 12.7. The van der Waals surface area contributed by atoms with Gasteiger partial charge < -0.3 is 9.16 Å². The van der Waals surface area contributed by atoms with Crippen molar-refractivity contribution in [1.82, 2.24) is 0 Å². The number of hydrogen-bond acceptors (Lipinski definition) is 2. The fraction of sp³-hybridized carbons (Fsp3) is 0.333. The summed E-state index contributed by atoms with van der Waals surface area (Å²) in [6.45, 7) is 12.5. The fourth-order valence-corrected chi connectivity index (χ4v) is 4.50. The molecule has 0 aliphatic carbocycles. The number of benzene rings is 3. The Kier molecular flexibility index (Phi) is 6.97. The summed E-state index contributed by atoms with van der Waals surface area (Å²) in [5, 5.41) is 0.183. The lowest BCUT2D eigenvalue weighted by Crippen LogP contribution is -2.42. The van der Waals surface area contributed by atoms with Crippen LogP contribution in [0.4, 0.5) is 0 Å². The summed E-state index contributed by atoms with van der Waals surface area (Å²) in [5.74, 6) is 0. The molecule has 0 N–H and O–H groups in total. The van der Waals surface area contributed by atoms with Crippen LogP contribution in [0, 0.1) is 0 Å². The number of hydrogen-bond donors (Lipinski definition) is 0. The first-order valence-electron chi connectivity index (χ1n) is 10.7. The van der Waals surface area contributed by atoms with Crippen LogP contribution in [0.25, 0.3) is 0 Å². The van der Waals surface area contributed by atoms with E-state index in [0.717, 1.165) is 16.7 Å². The minimum Gasteiger partial charge on any atom is -0.414 e. The van der Waals surface area contributed by atoms with Crippen molar-refractivity contribution in [2.75, 3.05) is 13.2 Å². The molecule has 0 aliphatic rings. The monoisotopic (exact) mass is 418 g/mol. The summed E-state index contributed by atoms with van der Waals surface area (Å²) in [4.78, 5) is 0. The highest BCUT2D eigenvalue weighted by atomic mass is 28.4. The molecule has 0 bridgehead atoms. The molecule has 0 saturated heterocycles. The van der Waals surface area contributed by atoms with Gasteiger partial charge in [0.05, 0.1) is 13.2 Å². The van der Waals surface area contributed by atoms with E-state index < -0.39 is 13.9 Å². The second-order valence-electron chi connectivity index (χ2n) is 9.24. The van der Waals surface area contributed by atoms with E-state index in [4.69, 9.17) is 9.16 Å². The van der Waals surface area contributed by atoms with Gasteiger partial charge in [0.2, 0.25) is 0 Å². The average molecular weight is 419 g/mol. The molecule has 0 atom stereocenters. The first-order chi connectivity index (χ1) is 14.3. The Balaban J connectivity index is 1.98. The van der Waals surface area contributed by atoms with Crippen molar-refractivity contribution in [3.05, 3.63) is 108 Å². The molecule has 0 radical (unpaired) electrons. The molecule has 3 rings (SSSR count). The first kappa shape index (κ1) is 22.5. The van der Waals surface area contributed by atoms with Crippen LogP contribution in [0.3, 0.4) is 0 Å². The first-order valence-corrected chi connectivity index (χ1v) is 13.6. The molecule has 0 aromatic heterocycles. The minimum atomic E-state index is -1.82. The van der Waals surface area contributed by atoms with Crippen molar-refractivity contribution in [3.63, 3.8) is 0 Å². The zero-order valence-corrected chi connectivity index (χ0v) is 19.9. The summed E-state index contributed by atoms with van der Waals surface area (Å²) in [7, 11) is -1.82. The van der Waals surface area contributed by atoms with Gasteiger partial charge in [-0.3, -0.25) is 0 Å². The zero-order chi connectivity index (χ0) is 21.7. The summed E-state index contributed by atoms with van der Waals surface area (Å²) >= 11 is 0. The Morgan fingerprint density at radius 1 is 0.600 bits per heavy atom.